The molecule has 0 spiro atoms. The van der Waals surface area contributed by atoms with Gasteiger partial charge in [-0.3, -0.25) is 9.59 Å². The minimum atomic E-state index is -0.402. The summed E-state index contributed by atoms with van der Waals surface area (Å²) >= 11 is 0. The van der Waals surface area contributed by atoms with Crippen LogP contribution in [0.5, 0.6) is 5.75 Å². The molecule has 0 aliphatic carbocycles. The van der Waals surface area contributed by atoms with E-state index < -0.39 is 5.78 Å². The average Bonchev–Trinajstić information content (AvgIpc) is 2.60. The first-order valence-electron chi connectivity index (χ1n) is 7.22. The largest absolute Gasteiger partial charge is 0.496 e. The zero-order valence-corrected chi connectivity index (χ0v) is 13.4. The van der Waals surface area contributed by atoms with Crippen molar-refractivity contribution in [3.8, 4) is 11.8 Å². The van der Waals surface area contributed by atoms with Crippen molar-refractivity contribution in [3.05, 3.63) is 65.2 Å². The van der Waals surface area contributed by atoms with E-state index in [1.165, 1.54) is 20.1 Å². The van der Waals surface area contributed by atoms with Gasteiger partial charge in [-0.15, -0.1) is 0 Å². The molecule has 0 bridgehead atoms. The van der Waals surface area contributed by atoms with Crippen LogP contribution in [0.3, 0.4) is 0 Å². The number of anilines is 1. The van der Waals surface area contributed by atoms with Crippen LogP contribution in [0.1, 0.15) is 22.8 Å². The summed E-state index contributed by atoms with van der Waals surface area (Å²) in [4.78, 5) is 23.6. The Morgan fingerprint density at radius 2 is 1.79 bits per heavy atom. The number of benzene rings is 2. The van der Waals surface area contributed by atoms with E-state index in [1.54, 1.807) is 48.5 Å². The lowest BCUT2D eigenvalue weighted by Gasteiger charge is -2.06. The maximum atomic E-state index is 12.5. The molecular formula is C19H16N2O3. The van der Waals surface area contributed by atoms with Gasteiger partial charge in [-0.05, 0) is 35.9 Å². The Balaban J connectivity index is 2.30. The second-order valence-corrected chi connectivity index (χ2v) is 5.00. The standard InChI is InChI=1S/C19H16N2O3/c1-13(22)21-16-9-7-14(8-10-16)11-15(12-20)19(23)17-5-3-4-6-18(17)24-2/h3-11H,1-2H3,(H,21,22)/b15-11+. The Hall–Kier alpha value is -3.39. The summed E-state index contributed by atoms with van der Waals surface area (Å²) in [6.07, 6.45) is 1.51. The minimum Gasteiger partial charge on any atom is -0.496 e. The molecule has 5 nitrogen and oxygen atoms in total. The summed E-state index contributed by atoms with van der Waals surface area (Å²) < 4.78 is 5.17. The van der Waals surface area contributed by atoms with Crippen molar-refractivity contribution >= 4 is 23.5 Å². The highest BCUT2D eigenvalue weighted by molar-refractivity contribution is 6.15. The summed E-state index contributed by atoms with van der Waals surface area (Å²) in [6.45, 7) is 1.42. The first-order valence-corrected chi connectivity index (χ1v) is 7.22. The van der Waals surface area contributed by atoms with Gasteiger partial charge in [-0.2, -0.15) is 5.26 Å². The van der Waals surface area contributed by atoms with Crippen molar-refractivity contribution in [2.24, 2.45) is 0 Å². The molecule has 120 valence electrons. The molecule has 0 atom stereocenters. The van der Waals surface area contributed by atoms with Gasteiger partial charge in [0.05, 0.1) is 12.7 Å². The van der Waals surface area contributed by atoms with Crippen LogP contribution in [0.2, 0.25) is 0 Å². The van der Waals surface area contributed by atoms with E-state index in [1.807, 2.05) is 6.07 Å². The molecule has 0 aromatic heterocycles. The van der Waals surface area contributed by atoms with Gasteiger partial charge in [-0.1, -0.05) is 24.3 Å². The van der Waals surface area contributed by atoms with Crippen molar-refractivity contribution in [2.75, 3.05) is 12.4 Å². The third kappa shape index (κ3) is 4.08. The minimum absolute atomic E-state index is 0.00628. The second-order valence-electron chi connectivity index (χ2n) is 5.00. The van der Waals surface area contributed by atoms with Gasteiger partial charge in [0.15, 0.2) is 0 Å². The highest BCUT2D eigenvalue weighted by Gasteiger charge is 2.16. The van der Waals surface area contributed by atoms with Gasteiger partial charge < -0.3 is 10.1 Å². The summed E-state index contributed by atoms with van der Waals surface area (Å²) in [6, 6.07) is 15.5. The number of Topliss-reactive ketones (excluding diaryl/α,β-unsaturated/α-hetero) is 1. The topological polar surface area (TPSA) is 79.2 Å². The highest BCUT2D eigenvalue weighted by Crippen LogP contribution is 2.22. The molecule has 0 unspecified atom stereocenters. The van der Waals surface area contributed by atoms with E-state index in [4.69, 9.17) is 4.74 Å². The van der Waals surface area contributed by atoms with Crippen LogP contribution in [0.4, 0.5) is 5.69 Å². The maximum absolute atomic E-state index is 12.5. The second kappa shape index (κ2) is 7.75. The predicted octanol–water partition coefficient (Wildman–Crippen LogP) is 3.44. The molecule has 0 fully saturated rings. The summed E-state index contributed by atoms with van der Waals surface area (Å²) in [5.41, 5.74) is 1.67. The van der Waals surface area contributed by atoms with E-state index in [0.717, 1.165) is 0 Å². The van der Waals surface area contributed by atoms with Gasteiger partial charge in [0.2, 0.25) is 11.7 Å². The number of hydrogen-bond acceptors (Lipinski definition) is 4. The van der Waals surface area contributed by atoms with Gasteiger partial charge in [0.25, 0.3) is 0 Å². The van der Waals surface area contributed by atoms with Crippen molar-refractivity contribution in [1.29, 1.82) is 5.26 Å². The third-order valence-electron chi connectivity index (χ3n) is 3.26. The molecule has 0 heterocycles. The van der Waals surface area contributed by atoms with Gasteiger partial charge in [0, 0.05) is 12.6 Å². The number of allylic oxidation sites excluding steroid dienone is 1. The molecule has 2 rings (SSSR count). The van der Waals surface area contributed by atoms with Gasteiger partial charge in [0.1, 0.15) is 17.4 Å². The third-order valence-corrected chi connectivity index (χ3v) is 3.26. The number of carbonyl (C=O) groups excluding carboxylic acids is 2. The molecular weight excluding hydrogens is 304 g/mol. The summed E-state index contributed by atoms with van der Waals surface area (Å²) in [5.74, 6) is -0.145. The normalized spacial score (nSPS) is 10.6. The Labute approximate surface area is 140 Å². The van der Waals surface area contributed by atoms with E-state index >= 15 is 0 Å². The summed E-state index contributed by atoms with van der Waals surface area (Å²) in [7, 11) is 1.47. The number of ketones is 1. The van der Waals surface area contributed by atoms with Crippen LogP contribution in [-0.2, 0) is 4.79 Å². The smallest absolute Gasteiger partial charge is 0.221 e. The lowest BCUT2D eigenvalue weighted by Crippen LogP contribution is -2.05. The number of rotatable bonds is 5. The molecule has 0 aliphatic rings. The number of nitrogens with one attached hydrogen (secondary N) is 1. The molecule has 2 aromatic rings. The SMILES string of the molecule is COc1ccccc1C(=O)/C(C#N)=C/c1ccc(NC(C)=O)cc1. The zero-order chi connectivity index (χ0) is 17.5. The fourth-order valence-corrected chi connectivity index (χ4v) is 2.16. The molecule has 0 radical (unpaired) electrons. The molecule has 2 aromatic carbocycles. The monoisotopic (exact) mass is 320 g/mol. The van der Waals surface area contributed by atoms with Crippen molar-refractivity contribution in [3.63, 3.8) is 0 Å². The van der Waals surface area contributed by atoms with Crippen LogP contribution < -0.4 is 10.1 Å². The Morgan fingerprint density at radius 1 is 1.12 bits per heavy atom. The number of carbonyl (C=O) groups is 2. The molecule has 0 aliphatic heterocycles. The Morgan fingerprint density at radius 3 is 2.38 bits per heavy atom. The fraction of sp³-hybridized carbons (Fsp3) is 0.105. The van der Waals surface area contributed by atoms with Crippen LogP contribution >= 0.6 is 0 Å². The average molecular weight is 320 g/mol. The number of para-hydroxylation sites is 1. The number of ether oxygens (including phenoxy) is 1. The highest BCUT2D eigenvalue weighted by atomic mass is 16.5. The lowest BCUT2D eigenvalue weighted by molar-refractivity contribution is -0.114. The van der Waals surface area contributed by atoms with Gasteiger partial charge in [-0.25, -0.2) is 0 Å². The van der Waals surface area contributed by atoms with E-state index in [9.17, 15) is 14.9 Å². The van der Waals surface area contributed by atoms with E-state index in [2.05, 4.69) is 5.32 Å². The fourth-order valence-electron chi connectivity index (χ4n) is 2.16. The van der Waals surface area contributed by atoms with Crippen LogP contribution in [0.15, 0.2) is 54.1 Å². The first-order chi connectivity index (χ1) is 11.5. The number of amides is 1. The quantitative estimate of drug-likeness (QED) is 0.520. The number of nitrogens with zero attached hydrogens (tertiary/aromatic N) is 1. The molecule has 5 heteroatoms. The van der Waals surface area contributed by atoms with Crippen molar-refractivity contribution in [1.82, 2.24) is 0 Å². The maximum Gasteiger partial charge on any atom is 0.221 e. The van der Waals surface area contributed by atoms with Gasteiger partial charge >= 0.3 is 0 Å². The number of hydrogen-bond donors (Lipinski definition) is 1. The van der Waals surface area contributed by atoms with Crippen molar-refractivity contribution < 1.29 is 14.3 Å². The molecule has 0 saturated carbocycles. The number of methoxy groups -OCH3 is 1. The van der Waals surface area contributed by atoms with E-state index in [-0.39, 0.29) is 11.5 Å². The molecule has 0 saturated heterocycles. The van der Waals surface area contributed by atoms with Crippen LogP contribution in [0.25, 0.3) is 6.08 Å². The molecule has 24 heavy (non-hydrogen) atoms. The number of nitriles is 1. The van der Waals surface area contributed by atoms with Crippen LogP contribution in [0, 0.1) is 11.3 Å². The Kier molecular flexibility index (Phi) is 5.48. The van der Waals surface area contributed by atoms with Crippen LogP contribution in [-0.4, -0.2) is 18.8 Å². The Bertz CT molecular complexity index is 830. The first kappa shape index (κ1) is 17.0. The molecule has 1 amide bonds. The lowest BCUT2D eigenvalue weighted by atomic mass is 10.0. The van der Waals surface area contributed by atoms with E-state index in [0.29, 0.717) is 22.6 Å². The zero-order valence-electron chi connectivity index (χ0n) is 13.4. The molecule has 1 N–H and O–H groups in total. The van der Waals surface area contributed by atoms with Crippen molar-refractivity contribution in [2.45, 2.75) is 6.92 Å². The summed E-state index contributed by atoms with van der Waals surface area (Å²) in [5, 5.41) is 12.0. The predicted molar refractivity (Wildman–Crippen MR) is 91.7 cm³/mol.